The van der Waals surface area contributed by atoms with Crippen LogP contribution in [0.4, 0.5) is 0 Å². The summed E-state index contributed by atoms with van der Waals surface area (Å²) in [7, 11) is -1.78. The van der Waals surface area contributed by atoms with E-state index in [1.807, 2.05) is 6.07 Å². The van der Waals surface area contributed by atoms with Crippen LogP contribution < -0.4 is 16.0 Å². The highest BCUT2D eigenvalue weighted by molar-refractivity contribution is 6.90. The van der Waals surface area contributed by atoms with Gasteiger partial charge in [0, 0.05) is 15.8 Å². The Balaban J connectivity index is 2.67. The Morgan fingerprint density at radius 1 is 1.06 bits per heavy atom. The molecule has 0 aliphatic carbocycles. The first-order valence-electron chi connectivity index (χ1n) is 5.42. The fourth-order valence-corrected chi connectivity index (χ4v) is 4.02. The molecule has 0 saturated heterocycles. The summed E-state index contributed by atoms with van der Waals surface area (Å²) in [5, 5.41) is 1.32. The third-order valence-corrected chi connectivity index (χ3v) is 4.99. The van der Waals surface area contributed by atoms with Crippen molar-refractivity contribution in [3.63, 3.8) is 0 Å². The zero-order valence-corrected chi connectivity index (χ0v) is 11.8. The van der Waals surface area contributed by atoms with Crippen molar-refractivity contribution < 1.29 is 0 Å². The molecule has 2 rings (SSSR count). The third kappa shape index (κ3) is 2.00. The van der Waals surface area contributed by atoms with E-state index in [9.17, 15) is 9.59 Å². The Morgan fingerprint density at radius 2 is 1.71 bits per heavy atom. The van der Waals surface area contributed by atoms with E-state index in [-0.39, 0.29) is 10.9 Å². The summed E-state index contributed by atoms with van der Waals surface area (Å²) in [5.41, 5.74) is 0.667. The lowest BCUT2D eigenvalue weighted by molar-refractivity contribution is 1.43. The maximum atomic E-state index is 11.7. The van der Waals surface area contributed by atoms with Gasteiger partial charge in [0.2, 0.25) is 10.9 Å². The van der Waals surface area contributed by atoms with E-state index in [0.717, 1.165) is 10.8 Å². The molecule has 0 unspecified atom stereocenters. The lowest BCUT2D eigenvalue weighted by atomic mass is 10.0. The van der Waals surface area contributed by atoms with Crippen LogP contribution in [0, 0.1) is 0 Å². The number of hydrogen-bond donors (Lipinski definition) is 0. The second-order valence-electron chi connectivity index (χ2n) is 5.17. The molecule has 0 atom stereocenters. The summed E-state index contributed by atoms with van der Waals surface area (Å²) < 4.78 is 0. The van der Waals surface area contributed by atoms with E-state index < -0.39 is 8.07 Å². The molecule has 17 heavy (non-hydrogen) atoms. The van der Waals surface area contributed by atoms with Gasteiger partial charge in [-0.25, -0.2) is 0 Å². The Kier molecular flexibility index (Phi) is 2.83. The molecule has 2 aromatic rings. The summed E-state index contributed by atoms with van der Waals surface area (Å²) in [6.07, 6.45) is 0. The van der Waals surface area contributed by atoms with E-state index in [1.165, 1.54) is 0 Å². The zero-order chi connectivity index (χ0) is 12.8. The highest BCUT2D eigenvalue weighted by Crippen LogP contribution is 2.20. The highest BCUT2D eigenvalue weighted by atomic mass is 35.5. The SMILES string of the molecule is C[Si](C)(C)c1c(-c2cccc(Cl)c2)c(=O)c1=O. The van der Waals surface area contributed by atoms with Gasteiger partial charge in [-0.15, -0.1) is 0 Å². The average Bonchev–Trinajstić information content (AvgIpc) is 2.22. The third-order valence-electron chi connectivity index (χ3n) is 2.77. The lowest BCUT2D eigenvalue weighted by Gasteiger charge is -2.21. The van der Waals surface area contributed by atoms with Gasteiger partial charge in [0.05, 0.1) is 8.07 Å². The largest absolute Gasteiger partial charge is 0.286 e. The molecule has 0 saturated carbocycles. The van der Waals surface area contributed by atoms with E-state index in [2.05, 4.69) is 19.6 Å². The first kappa shape index (κ1) is 12.3. The predicted octanol–water partition coefficient (Wildman–Crippen LogP) is 2.15. The smallest absolute Gasteiger partial charge is 0.233 e. The number of halogens is 1. The van der Waals surface area contributed by atoms with Crippen LogP contribution in [-0.4, -0.2) is 8.07 Å². The van der Waals surface area contributed by atoms with Crippen LogP contribution in [0.25, 0.3) is 11.1 Å². The maximum absolute atomic E-state index is 11.7. The first-order chi connectivity index (χ1) is 7.82. The van der Waals surface area contributed by atoms with E-state index in [0.29, 0.717) is 10.6 Å². The van der Waals surface area contributed by atoms with Gasteiger partial charge in [-0.2, -0.15) is 0 Å². The van der Waals surface area contributed by atoms with Gasteiger partial charge >= 0.3 is 0 Å². The van der Waals surface area contributed by atoms with Crippen molar-refractivity contribution >= 4 is 24.9 Å². The molecule has 0 bridgehead atoms. The summed E-state index contributed by atoms with van der Waals surface area (Å²) in [4.78, 5) is 23.4. The van der Waals surface area contributed by atoms with Crippen molar-refractivity contribution in [3.8, 4) is 11.1 Å². The minimum absolute atomic E-state index is 0.306. The van der Waals surface area contributed by atoms with Gasteiger partial charge in [-0.3, -0.25) is 9.59 Å². The monoisotopic (exact) mass is 264 g/mol. The molecule has 2 aromatic carbocycles. The fraction of sp³-hybridized carbons (Fsp3) is 0.231. The van der Waals surface area contributed by atoms with Gasteiger partial charge < -0.3 is 0 Å². The van der Waals surface area contributed by atoms with Crippen LogP contribution in [0.2, 0.25) is 24.7 Å². The second-order valence-corrected chi connectivity index (χ2v) is 10.6. The first-order valence-corrected chi connectivity index (χ1v) is 9.30. The number of rotatable bonds is 2. The maximum Gasteiger partial charge on any atom is 0.233 e. The second kappa shape index (κ2) is 3.93. The summed E-state index contributed by atoms with van der Waals surface area (Å²) >= 11 is 5.91. The van der Waals surface area contributed by atoms with Gasteiger partial charge in [-0.05, 0) is 17.7 Å². The number of benzene rings is 1. The minimum Gasteiger partial charge on any atom is -0.286 e. The molecule has 0 amide bonds. The van der Waals surface area contributed by atoms with Gasteiger partial charge in [0.25, 0.3) is 0 Å². The normalized spacial score (nSPS) is 12.0. The summed E-state index contributed by atoms with van der Waals surface area (Å²) in [6, 6.07) is 7.11. The fourth-order valence-electron chi connectivity index (χ4n) is 2.03. The minimum atomic E-state index is -1.78. The molecule has 0 N–H and O–H groups in total. The summed E-state index contributed by atoms with van der Waals surface area (Å²) in [5.74, 6) is 0. The Labute approximate surface area is 106 Å². The van der Waals surface area contributed by atoms with Gasteiger partial charge in [0.1, 0.15) is 0 Å². The molecule has 0 heterocycles. The van der Waals surface area contributed by atoms with Crippen LogP contribution in [-0.2, 0) is 0 Å². The molecular formula is C13H13ClO2Si. The standard InChI is InChI=1S/C13H13ClO2Si/c1-17(2,3)13-10(11(15)12(13)16)8-5-4-6-9(14)7-8/h4-7H,1-3H3. The molecule has 0 spiro atoms. The zero-order valence-electron chi connectivity index (χ0n) is 10.0. The topological polar surface area (TPSA) is 34.1 Å². The average molecular weight is 265 g/mol. The van der Waals surface area contributed by atoms with Crippen molar-refractivity contribution in [2.24, 2.45) is 0 Å². The molecule has 0 radical (unpaired) electrons. The Morgan fingerprint density at radius 3 is 2.24 bits per heavy atom. The highest BCUT2D eigenvalue weighted by Gasteiger charge is 2.32. The molecule has 88 valence electrons. The van der Waals surface area contributed by atoms with Crippen LogP contribution in [0.5, 0.6) is 0 Å². The molecule has 0 aliphatic heterocycles. The van der Waals surface area contributed by atoms with Crippen molar-refractivity contribution in [1.29, 1.82) is 0 Å². The Hall–Kier alpha value is -1.19. The van der Waals surface area contributed by atoms with Crippen molar-refractivity contribution in [2.75, 3.05) is 0 Å². The quantitative estimate of drug-likeness (QED) is 0.615. The van der Waals surface area contributed by atoms with Crippen molar-refractivity contribution in [2.45, 2.75) is 19.6 Å². The molecule has 0 fully saturated rings. The van der Waals surface area contributed by atoms with Crippen molar-refractivity contribution in [3.05, 3.63) is 49.7 Å². The Bertz CT molecular complexity index is 646. The van der Waals surface area contributed by atoms with E-state index in [4.69, 9.17) is 11.6 Å². The lowest BCUT2D eigenvalue weighted by Crippen LogP contribution is -2.60. The van der Waals surface area contributed by atoms with Crippen LogP contribution in [0.1, 0.15) is 0 Å². The summed E-state index contributed by atoms with van der Waals surface area (Å²) in [6.45, 7) is 6.20. The number of hydrogen-bond acceptors (Lipinski definition) is 2. The van der Waals surface area contributed by atoms with E-state index >= 15 is 0 Å². The molecular weight excluding hydrogens is 252 g/mol. The van der Waals surface area contributed by atoms with Gasteiger partial charge in [-0.1, -0.05) is 43.4 Å². The van der Waals surface area contributed by atoms with Crippen molar-refractivity contribution in [1.82, 2.24) is 0 Å². The molecule has 0 aliphatic rings. The molecule has 4 heteroatoms. The van der Waals surface area contributed by atoms with E-state index in [1.54, 1.807) is 18.2 Å². The molecule has 2 nitrogen and oxygen atoms in total. The van der Waals surface area contributed by atoms with Crippen LogP contribution in [0.3, 0.4) is 0 Å². The predicted molar refractivity (Wildman–Crippen MR) is 74.8 cm³/mol. The molecule has 0 aromatic heterocycles. The van der Waals surface area contributed by atoms with Gasteiger partial charge in [0.15, 0.2) is 0 Å². The van der Waals surface area contributed by atoms with Crippen LogP contribution >= 0.6 is 11.6 Å². The van der Waals surface area contributed by atoms with Crippen LogP contribution in [0.15, 0.2) is 33.9 Å².